The first-order chi connectivity index (χ1) is 9.82. The minimum Gasteiger partial charge on any atom is -0.323 e. The molecule has 0 aliphatic carbocycles. The largest absolute Gasteiger partial charge is 0.416 e. The molecular formula is C13H14F4N4. The van der Waals surface area contributed by atoms with Gasteiger partial charge in [0, 0.05) is 24.6 Å². The Morgan fingerprint density at radius 3 is 2.67 bits per heavy atom. The van der Waals surface area contributed by atoms with E-state index in [0.29, 0.717) is 18.4 Å². The molecule has 0 bridgehead atoms. The first kappa shape index (κ1) is 15.4. The Morgan fingerprint density at radius 2 is 2.05 bits per heavy atom. The van der Waals surface area contributed by atoms with Gasteiger partial charge in [-0.05, 0) is 25.1 Å². The number of aromatic nitrogens is 3. The van der Waals surface area contributed by atoms with Crippen molar-refractivity contribution in [1.29, 1.82) is 0 Å². The molecule has 0 spiro atoms. The van der Waals surface area contributed by atoms with Crippen LogP contribution in [-0.2, 0) is 19.1 Å². The predicted octanol–water partition coefficient (Wildman–Crippen LogP) is 2.70. The zero-order valence-electron chi connectivity index (χ0n) is 11.2. The molecule has 1 unspecified atom stereocenters. The summed E-state index contributed by atoms with van der Waals surface area (Å²) in [5.41, 5.74) is 4.72. The topological polar surface area (TPSA) is 56.7 Å². The number of halogens is 4. The van der Waals surface area contributed by atoms with E-state index in [0.717, 1.165) is 12.1 Å². The number of alkyl halides is 3. The Balaban J connectivity index is 2.28. The van der Waals surface area contributed by atoms with Gasteiger partial charge in [-0.2, -0.15) is 18.3 Å². The third-order valence-corrected chi connectivity index (χ3v) is 3.12. The van der Waals surface area contributed by atoms with E-state index >= 15 is 0 Å². The maximum atomic E-state index is 13.7. The van der Waals surface area contributed by atoms with Crippen molar-refractivity contribution < 1.29 is 17.6 Å². The van der Waals surface area contributed by atoms with Gasteiger partial charge in [-0.1, -0.05) is 0 Å². The standard InChI is InChI=1S/C13H14F4N4/c1-2-21-12(19-7-20-21)6-11(18)9-5-8(13(15,16)17)3-4-10(9)14/h3-5,7,11H,2,6,18H2,1H3. The molecule has 0 amide bonds. The predicted molar refractivity (Wildman–Crippen MR) is 67.7 cm³/mol. The Labute approximate surface area is 118 Å². The van der Waals surface area contributed by atoms with Crippen molar-refractivity contribution in [3.8, 4) is 0 Å². The summed E-state index contributed by atoms with van der Waals surface area (Å²) in [5, 5.41) is 3.94. The summed E-state index contributed by atoms with van der Waals surface area (Å²) in [6.07, 6.45) is -3.11. The highest BCUT2D eigenvalue weighted by Crippen LogP contribution is 2.32. The third kappa shape index (κ3) is 3.38. The van der Waals surface area contributed by atoms with Crippen LogP contribution in [0.1, 0.15) is 29.9 Å². The summed E-state index contributed by atoms with van der Waals surface area (Å²) >= 11 is 0. The van der Waals surface area contributed by atoms with E-state index in [1.165, 1.54) is 6.33 Å². The lowest BCUT2D eigenvalue weighted by Gasteiger charge is -2.15. The smallest absolute Gasteiger partial charge is 0.323 e. The molecule has 0 saturated carbocycles. The molecule has 8 heteroatoms. The van der Waals surface area contributed by atoms with Gasteiger partial charge in [0.15, 0.2) is 0 Å². The maximum Gasteiger partial charge on any atom is 0.416 e. The minimum atomic E-state index is -4.54. The normalized spacial score (nSPS) is 13.4. The zero-order valence-corrected chi connectivity index (χ0v) is 11.2. The van der Waals surface area contributed by atoms with Gasteiger partial charge >= 0.3 is 6.18 Å². The molecule has 1 aromatic heterocycles. The Morgan fingerprint density at radius 1 is 1.33 bits per heavy atom. The molecule has 0 fully saturated rings. The van der Waals surface area contributed by atoms with Gasteiger partial charge in [0.05, 0.1) is 5.56 Å². The Bertz CT molecular complexity index is 621. The van der Waals surface area contributed by atoms with E-state index in [1.54, 1.807) is 4.68 Å². The van der Waals surface area contributed by atoms with E-state index in [4.69, 9.17) is 5.73 Å². The highest BCUT2D eigenvalue weighted by Gasteiger charge is 2.31. The van der Waals surface area contributed by atoms with Crippen molar-refractivity contribution in [3.05, 3.63) is 47.3 Å². The van der Waals surface area contributed by atoms with E-state index < -0.39 is 23.6 Å². The average molecular weight is 302 g/mol. The average Bonchev–Trinajstić information content (AvgIpc) is 2.84. The fourth-order valence-electron chi connectivity index (χ4n) is 2.02. The fraction of sp³-hybridized carbons (Fsp3) is 0.385. The number of benzene rings is 1. The van der Waals surface area contributed by atoms with Gasteiger partial charge in [-0.25, -0.2) is 9.37 Å². The van der Waals surface area contributed by atoms with Gasteiger partial charge in [-0.15, -0.1) is 0 Å². The maximum absolute atomic E-state index is 13.7. The van der Waals surface area contributed by atoms with Crippen molar-refractivity contribution in [2.75, 3.05) is 0 Å². The van der Waals surface area contributed by atoms with Crippen LogP contribution < -0.4 is 5.73 Å². The third-order valence-electron chi connectivity index (χ3n) is 3.12. The second-order valence-corrected chi connectivity index (χ2v) is 4.54. The van der Waals surface area contributed by atoms with Crippen LogP contribution in [0, 0.1) is 5.82 Å². The fourth-order valence-corrected chi connectivity index (χ4v) is 2.02. The molecule has 1 atom stereocenters. The lowest BCUT2D eigenvalue weighted by Crippen LogP contribution is -2.19. The molecule has 0 aliphatic rings. The number of nitrogens with two attached hydrogens (primary N) is 1. The van der Waals surface area contributed by atoms with Gasteiger partial charge in [0.2, 0.25) is 0 Å². The van der Waals surface area contributed by atoms with Crippen molar-refractivity contribution in [2.45, 2.75) is 32.1 Å². The first-order valence-electron chi connectivity index (χ1n) is 6.31. The van der Waals surface area contributed by atoms with Gasteiger partial charge in [-0.3, -0.25) is 4.68 Å². The molecule has 21 heavy (non-hydrogen) atoms. The highest BCUT2D eigenvalue weighted by atomic mass is 19.4. The van der Waals surface area contributed by atoms with Crippen LogP contribution >= 0.6 is 0 Å². The number of rotatable bonds is 4. The van der Waals surface area contributed by atoms with Crippen LogP contribution in [-0.4, -0.2) is 14.8 Å². The minimum absolute atomic E-state index is 0.103. The van der Waals surface area contributed by atoms with Gasteiger partial charge in [0.1, 0.15) is 18.0 Å². The summed E-state index contributed by atoms with van der Waals surface area (Å²) in [5.74, 6) is -0.264. The molecule has 4 nitrogen and oxygen atoms in total. The molecule has 0 aliphatic heterocycles. The van der Waals surface area contributed by atoms with E-state index in [-0.39, 0.29) is 12.0 Å². The van der Waals surface area contributed by atoms with Crippen molar-refractivity contribution in [2.24, 2.45) is 5.73 Å². The summed E-state index contributed by atoms with van der Waals surface area (Å²) in [7, 11) is 0. The summed E-state index contributed by atoms with van der Waals surface area (Å²) in [6.45, 7) is 2.39. The molecular weight excluding hydrogens is 288 g/mol. The molecule has 2 aromatic rings. The SMILES string of the molecule is CCn1ncnc1CC(N)c1cc(C(F)(F)F)ccc1F. The lowest BCUT2D eigenvalue weighted by atomic mass is 10.0. The van der Waals surface area contributed by atoms with Crippen LogP contribution in [0.3, 0.4) is 0 Å². The van der Waals surface area contributed by atoms with Gasteiger partial charge in [0.25, 0.3) is 0 Å². The number of hydrogen-bond acceptors (Lipinski definition) is 3. The van der Waals surface area contributed by atoms with Crippen LogP contribution in [0.5, 0.6) is 0 Å². The van der Waals surface area contributed by atoms with E-state index in [1.807, 2.05) is 6.92 Å². The molecule has 2 N–H and O–H groups in total. The number of nitrogens with zero attached hydrogens (tertiary/aromatic N) is 3. The van der Waals surface area contributed by atoms with Crippen molar-refractivity contribution in [1.82, 2.24) is 14.8 Å². The second-order valence-electron chi connectivity index (χ2n) is 4.54. The molecule has 1 heterocycles. The quantitative estimate of drug-likeness (QED) is 0.883. The van der Waals surface area contributed by atoms with E-state index in [9.17, 15) is 17.6 Å². The summed E-state index contributed by atoms with van der Waals surface area (Å²) < 4.78 is 53.3. The monoisotopic (exact) mass is 302 g/mol. The lowest BCUT2D eigenvalue weighted by molar-refractivity contribution is -0.137. The van der Waals surface area contributed by atoms with Crippen molar-refractivity contribution in [3.63, 3.8) is 0 Å². The van der Waals surface area contributed by atoms with Crippen LogP contribution in [0.15, 0.2) is 24.5 Å². The van der Waals surface area contributed by atoms with E-state index in [2.05, 4.69) is 10.1 Å². The zero-order chi connectivity index (χ0) is 15.6. The number of hydrogen-bond donors (Lipinski definition) is 1. The van der Waals surface area contributed by atoms with Crippen LogP contribution in [0.25, 0.3) is 0 Å². The Hall–Kier alpha value is -1.96. The highest BCUT2D eigenvalue weighted by molar-refractivity contribution is 5.29. The van der Waals surface area contributed by atoms with Crippen LogP contribution in [0.2, 0.25) is 0 Å². The summed E-state index contributed by atoms with van der Waals surface area (Å²) in [6, 6.07) is 1.29. The van der Waals surface area contributed by atoms with Crippen molar-refractivity contribution >= 4 is 0 Å². The molecule has 0 saturated heterocycles. The molecule has 1 aromatic carbocycles. The Kier molecular flexibility index (Phi) is 4.26. The molecule has 0 radical (unpaired) electrons. The second kappa shape index (κ2) is 5.80. The number of aryl methyl sites for hydroxylation is 1. The molecule has 2 rings (SSSR count). The van der Waals surface area contributed by atoms with Crippen LogP contribution in [0.4, 0.5) is 17.6 Å². The summed E-state index contributed by atoms with van der Waals surface area (Å²) in [4.78, 5) is 3.98. The first-order valence-corrected chi connectivity index (χ1v) is 6.31. The van der Waals surface area contributed by atoms with Gasteiger partial charge < -0.3 is 5.73 Å². The molecule has 114 valence electrons.